The van der Waals surface area contributed by atoms with Gasteiger partial charge in [0.05, 0.1) is 0 Å². The first-order valence-corrected chi connectivity index (χ1v) is 6.59. The lowest BCUT2D eigenvalue weighted by Gasteiger charge is -2.07. The van der Waals surface area contributed by atoms with Crippen LogP contribution in [0.1, 0.15) is 16.7 Å². The first-order valence-electron chi connectivity index (χ1n) is 6.59. The number of hydrogen-bond acceptors (Lipinski definition) is 1. The molecule has 2 nitrogen and oxygen atoms in total. The number of aromatic nitrogens is 1. The molecule has 0 spiro atoms. The molecule has 0 radical (unpaired) electrons. The smallest absolute Gasteiger partial charge is 0.0483 e. The second-order valence-electron chi connectivity index (χ2n) is 5.03. The number of benzene rings is 2. The van der Waals surface area contributed by atoms with Gasteiger partial charge in [-0.25, -0.2) is 0 Å². The van der Waals surface area contributed by atoms with Crippen molar-refractivity contribution in [2.75, 3.05) is 0 Å². The minimum atomic E-state index is 0.603. The van der Waals surface area contributed by atoms with Crippen molar-refractivity contribution >= 4 is 10.9 Å². The van der Waals surface area contributed by atoms with Crippen molar-refractivity contribution in [3.63, 3.8) is 0 Å². The van der Waals surface area contributed by atoms with E-state index in [0.29, 0.717) is 6.54 Å². The lowest BCUT2D eigenvalue weighted by Crippen LogP contribution is -1.99. The van der Waals surface area contributed by atoms with Gasteiger partial charge in [-0.2, -0.15) is 0 Å². The second kappa shape index (κ2) is 4.90. The van der Waals surface area contributed by atoms with Crippen molar-refractivity contribution in [1.29, 1.82) is 0 Å². The van der Waals surface area contributed by atoms with Crippen molar-refractivity contribution in [3.8, 4) is 0 Å². The minimum absolute atomic E-state index is 0.603. The third-order valence-corrected chi connectivity index (χ3v) is 3.54. The number of rotatable bonds is 3. The number of nitrogens with zero attached hydrogens (tertiary/aromatic N) is 1. The van der Waals surface area contributed by atoms with E-state index in [1.807, 2.05) is 0 Å². The Hall–Kier alpha value is -2.06. The van der Waals surface area contributed by atoms with Crippen molar-refractivity contribution in [2.45, 2.75) is 20.0 Å². The Labute approximate surface area is 113 Å². The zero-order chi connectivity index (χ0) is 13.2. The summed E-state index contributed by atoms with van der Waals surface area (Å²) in [7, 11) is 0. The standard InChI is InChI=1S/C17H18N2/c1-13-2-7-17-16(10-13)8-9-19(17)12-15-5-3-14(11-18)4-6-15/h2-10H,11-12,18H2,1H3. The lowest BCUT2D eigenvalue weighted by atomic mass is 10.1. The Balaban J connectivity index is 1.92. The highest BCUT2D eigenvalue weighted by Gasteiger charge is 2.02. The van der Waals surface area contributed by atoms with Crippen molar-refractivity contribution in [3.05, 3.63) is 71.4 Å². The molecule has 0 amide bonds. The van der Waals surface area contributed by atoms with Gasteiger partial charge in [0.1, 0.15) is 0 Å². The van der Waals surface area contributed by atoms with Crippen LogP contribution in [0.15, 0.2) is 54.7 Å². The van der Waals surface area contributed by atoms with Crippen LogP contribution in [0.3, 0.4) is 0 Å². The molecule has 0 aliphatic carbocycles. The molecule has 3 rings (SSSR count). The number of fused-ring (bicyclic) bond motifs is 1. The SMILES string of the molecule is Cc1ccc2c(ccn2Cc2ccc(CN)cc2)c1. The molecule has 2 aromatic carbocycles. The van der Waals surface area contributed by atoms with Gasteiger partial charge in [0.25, 0.3) is 0 Å². The summed E-state index contributed by atoms with van der Waals surface area (Å²) in [6.07, 6.45) is 2.15. The van der Waals surface area contributed by atoms with E-state index >= 15 is 0 Å². The van der Waals surface area contributed by atoms with Gasteiger partial charge in [-0.3, -0.25) is 0 Å². The van der Waals surface area contributed by atoms with E-state index in [9.17, 15) is 0 Å². The molecular weight excluding hydrogens is 232 g/mol. The van der Waals surface area contributed by atoms with E-state index in [1.54, 1.807) is 0 Å². The van der Waals surface area contributed by atoms with Gasteiger partial charge >= 0.3 is 0 Å². The summed E-state index contributed by atoms with van der Waals surface area (Å²) >= 11 is 0. The molecule has 2 N–H and O–H groups in total. The third-order valence-electron chi connectivity index (χ3n) is 3.54. The van der Waals surface area contributed by atoms with Crippen LogP contribution in [0.2, 0.25) is 0 Å². The van der Waals surface area contributed by atoms with Gasteiger partial charge in [-0.15, -0.1) is 0 Å². The Morgan fingerprint density at radius 2 is 1.68 bits per heavy atom. The molecule has 3 aromatic rings. The highest BCUT2D eigenvalue weighted by molar-refractivity contribution is 5.80. The average molecular weight is 250 g/mol. The molecule has 0 atom stereocenters. The molecule has 0 saturated heterocycles. The van der Waals surface area contributed by atoms with E-state index in [-0.39, 0.29) is 0 Å². The minimum Gasteiger partial charge on any atom is -0.343 e. The van der Waals surface area contributed by atoms with Gasteiger partial charge in [-0.1, -0.05) is 35.9 Å². The fourth-order valence-corrected chi connectivity index (χ4v) is 2.43. The summed E-state index contributed by atoms with van der Waals surface area (Å²) in [6, 6.07) is 17.3. The van der Waals surface area contributed by atoms with Crippen LogP contribution < -0.4 is 5.73 Å². The molecule has 0 unspecified atom stereocenters. The zero-order valence-corrected chi connectivity index (χ0v) is 11.1. The van der Waals surface area contributed by atoms with Crippen LogP contribution in [-0.4, -0.2) is 4.57 Å². The van der Waals surface area contributed by atoms with Crippen LogP contribution in [-0.2, 0) is 13.1 Å². The molecular formula is C17H18N2. The van der Waals surface area contributed by atoms with Crippen LogP contribution in [0, 0.1) is 6.92 Å². The molecule has 1 aromatic heterocycles. The van der Waals surface area contributed by atoms with E-state index < -0.39 is 0 Å². The molecule has 2 heteroatoms. The summed E-state index contributed by atoms with van der Waals surface area (Å²) in [5.41, 5.74) is 10.7. The Morgan fingerprint density at radius 3 is 2.42 bits per heavy atom. The summed E-state index contributed by atoms with van der Waals surface area (Å²) in [5.74, 6) is 0. The van der Waals surface area contributed by atoms with E-state index in [2.05, 4.69) is 66.2 Å². The predicted molar refractivity (Wildman–Crippen MR) is 80.1 cm³/mol. The summed E-state index contributed by atoms with van der Waals surface area (Å²) < 4.78 is 2.28. The summed E-state index contributed by atoms with van der Waals surface area (Å²) in [6.45, 7) is 3.63. The van der Waals surface area contributed by atoms with E-state index in [1.165, 1.54) is 27.6 Å². The van der Waals surface area contributed by atoms with E-state index in [4.69, 9.17) is 5.73 Å². The maximum Gasteiger partial charge on any atom is 0.0483 e. The van der Waals surface area contributed by atoms with Crippen molar-refractivity contribution < 1.29 is 0 Å². The molecule has 0 fully saturated rings. The van der Waals surface area contributed by atoms with Gasteiger partial charge in [0, 0.05) is 24.8 Å². The Bertz CT molecular complexity index is 693. The quantitative estimate of drug-likeness (QED) is 0.758. The fourth-order valence-electron chi connectivity index (χ4n) is 2.43. The highest BCUT2D eigenvalue weighted by Crippen LogP contribution is 2.18. The predicted octanol–water partition coefficient (Wildman–Crippen LogP) is 3.46. The van der Waals surface area contributed by atoms with Crippen LogP contribution in [0.25, 0.3) is 10.9 Å². The largest absolute Gasteiger partial charge is 0.343 e. The summed E-state index contributed by atoms with van der Waals surface area (Å²) in [4.78, 5) is 0. The number of nitrogens with two attached hydrogens (primary N) is 1. The zero-order valence-electron chi connectivity index (χ0n) is 11.1. The van der Waals surface area contributed by atoms with Gasteiger partial charge in [-0.05, 0) is 41.6 Å². The van der Waals surface area contributed by atoms with Crippen molar-refractivity contribution in [1.82, 2.24) is 4.57 Å². The maximum atomic E-state index is 5.62. The molecule has 0 aliphatic rings. The number of hydrogen-bond donors (Lipinski definition) is 1. The van der Waals surface area contributed by atoms with Gasteiger partial charge in [0.2, 0.25) is 0 Å². The lowest BCUT2D eigenvalue weighted by molar-refractivity contribution is 0.835. The monoisotopic (exact) mass is 250 g/mol. The third kappa shape index (κ3) is 2.40. The van der Waals surface area contributed by atoms with Crippen LogP contribution in [0.5, 0.6) is 0 Å². The molecule has 19 heavy (non-hydrogen) atoms. The topological polar surface area (TPSA) is 30.9 Å². The maximum absolute atomic E-state index is 5.62. The van der Waals surface area contributed by atoms with E-state index in [0.717, 1.165) is 6.54 Å². The normalized spacial score (nSPS) is 11.1. The summed E-state index contributed by atoms with van der Waals surface area (Å²) in [5, 5.41) is 1.30. The molecule has 0 bridgehead atoms. The van der Waals surface area contributed by atoms with Crippen molar-refractivity contribution in [2.24, 2.45) is 5.73 Å². The Morgan fingerprint density at radius 1 is 0.947 bits per heavy atom. The molecule has 0 aliphatic heterocycles. The second-order valence-corrected chi connectivity index (χ2v) is 5.03. The van der Waals surface area contributed by atoms with Crippen LogP contribution >= 0.6 is 0 Å². The molecule has 96 valence electrons. The Kier molecular flexibility index (Phi) is 3.10. The molecule has 1 heterocycles. The number of aryl methyl sites for hydroxylation is 1. The first-order chi connectivity index (χ1) is 9.26. The first kappa shape index (κ1) is 12.0. The fraction of sp³-hybridized carbons (Fsp3) is 0.176. The van der Waals surface area contributed by atoms with Crippen LogP contribution in [0.4, 0.5) is 0 Å². The highest BCUT2D eigenvalue weighted by atomic mass is 14.9. The van der Waals surface area contributed by atoms with Gasteiger partial charge < -0.3 is 10.3 Å². The molecule has 0 saturated carbocycles. The van der Waals surface area contributed by atoms with Gasteiger partial charge in [0.15, 0.2) is 0 Å². The average Bonchev–Trinajstić information content (AvgIpc) is 2.82.